The van der Waals surface area contributed by atoms with Gasteiger partial charge >= 0.3 is 5.97 Å². The molecule has 0 heterocycles. The van der Waals surface area contributed by atoms with E-state index in [0.29, 0.717) is 17.9 Å². The smallest absolute Gasteiger partial charge is 0.303 e. The predicted molar refractivity (Wildman–Crippen MR) is 112 cm³/mol. The van der Waals surface area contributed by atoms with Crippen molar-refractivity contribution < 1.29 is 14.6 Å². The Labute approximate surface area is 171 Å². The number of hydrogen-bond donors (Lipinski definition) is 1. The number of ether oxygens (including phenoxy) is 1. The monoisotopic (exact) mass is 389 g/mol. The normalized spacial score (nSPS) is 37.9. The van der Waals surface area contributed by atoms with Crippen molar-refractivity contribution in [3.05, 3.63) is 18.1 Å². The molecule has 4 nitrogen and oxygen atoms in total. The van der Waals surface area contributed by atoms with Gasteiger partial charge in [-0.15, -0.1) is 0 Å². The van der Waals surface area contributed by atoms with Crippen LogP contribution in [0, 0.1) is 30.1 Å². The Morgan fingerprint density at radius 2 is 2.00 bits per heavy atom. The summed E-state index contributed by atoms with van der Waals surface area (Å²) in [7, 11) is 2.28. The number of carbonyl (C=O) groups excluding carboxylic acids is 1. The second kappa shape index (κ2) is 8.87. The number of esters is 1. The molecule has 0 amide bonds. The third-order valence-corrected chi connectivity index (χ3v) is 7.66. The number of nitrogens with zero attached hydrogens (tertiary/aromatic N) is 1. The lowest BCUT2D eigenvalue weighted by Gasteiger charge is -2.52. The molecule has 2 fully saturated rings. The van der Waals surface area contributed by atoms with Crippen LogP contribution in [0.4, 0.5) is 0 Å². The van der Waals surface area contributed by atoms with E-state index in [9.17, 15) is 9.90 Å². The lowest BCUT2D eigenvalue weighted by atomic mass is 9.57. The van der Waals surface area contributed by atoms with Gasteiger partial charge in [0.2, 0.25) is 0 Å². The van der Waals surface area contributed by atoms with Crippen LogP contribution in [0.5, 0.6) is 0 Å². The molecular weight excluding hydrogens is 350 g/mol. The standard InChI is InChI=1S/C24H39NO3/c1-16-13-22-21(17(2)15-25(5)20-9-7-6-8-10-20)12-11-18(3)24(22,27)14-23(16)28-19(4)26/h13,17-18,20-23,27H,6-12,15H2,1-5H3/t17-,18-,21+,22-,23-,24-/m1/s1. The quantitative estimate of drug-likeness (QED) is 0.564. The van der Waals surface area contributed by atoms with Crippen LogP contribution in [0.2, 0.25) is 0 Å². The molecule has 3 aliphatic rings. The fourth-order valence-corrected chi connectivity index (χ4v) is 5.87. The highest BCUT2D eigenvalue weighted by Crippen LogP contribution is 2.50. The Hall–Kier alpha value is -0.870. The lowest BCUT2D eigenvalue weighted by molar-refractivity contribution is -0.148. The van der Waals surface area contributed by atoms with Gasteiger partial charge < -0.3 is 14.7 Å². The van der Waals surface area contributed by atoms with Crippen LogP contribution in [0.25, 0.3) is 0 Å². The number of hydrogen-bond acceptors (Lipinski definition) is 4. The largest absolute Gasteiger partial charge is 0.457 e. The maximum Gasteiger partial charge on any atom is 0.303 e. The van der Waals surface area contributed by atoms with Gasteiger partial charge in [-0.05, 0) is 63.0 Å². The van der Waals surface area contributed by atoms with Gasteiger partial charge in [0, 0.05) is 25.4 Å². The summed E-state index contributed by atoms with van der Waals surface area (Å²) in [6.45, 7) is 8.95. The Balaban J connectivity index is 1.74. The summed E-state index contributed by atoms with van der Waals surface area (Å²) in [5.74, 6) is 0.784. The zero-order chi connectivity index (χ0) is 20.5. The highest BCUT2D eigenvalue weighted by atomic mass is 16.5. The van der Waals surface area contributed by atoms with Crippen molar-refractivity contribution in [3.8, 4) is 0 Å². The molecule has 0 spiro atoms. The first kappa shape index (κ1) is 21.8. The Morgan fingerprint density at radius 3 is 2.64 bits per heavy atom. The van der Waals surface area contributed by atoms with E-state index >= 15 is 0 Å². The van der Waals surface area contributed by atoms with Crippen molar-refractivity contribution in [1.82, 2.24) is 4.90 Å². The highest BCUT2D eigenvalue weighted by molar-refractivity contribution is 5.66. The van der Waals surface area contributed by atoms with Gasteiger partial charge in [0.25, 0.3) is 0 Å². The summed E-state index contributed by atoms with van der Waals surface area (Å²) in [5.41, 5.74) is -0.0166. The average molecular weight is 390 g/mol. The molecule has 28 heavy (non-hydrogen) atoms. The van der Waals surface area contributed by atoms with Crippen molar-refractivity contribution in [2.24, 2.45) is 23.7 Å². The van der Waals surface area contributed by atoms with E-state index in [4.69, 9.17) is 4.74 Å². The number of carbonyl (C=O) groups is 1. The minimum absolute atomic E-state index is 0.0535. The first-order valence-corrected chi connectivity index (χ1v) is 11.3. The summed E-state index contributed by atoms with van der Waals surface area (Å²) in [6, 6.07) is 0.715. The van der Waals surface area contributed by atoms with Crippen LogP contribution in [0.3, 0.4) is 0 Å². The molecule has 0 aliphatic heterocycles. The molecule has 6 atom stereocenters. The van der Waals surface area contributed by atoms with E-state index in [-0.39, 0.29) is 17.8 Å². The molecule has 4 heteroatoms. The van der Waals surface area contributed by atoms with E-state index in [1.54, 1.807) is 0 Å². The topological polar surface area (TPSA) is 49.8 Å². The summed E-state index contributed by atoms with van der Waals surface area (Å²) >= 11 is 0. The number of fused-ring (bicyclic) bond motifs is 1. The fraction of sp³-hybridized carbons (Fsp3) is 0.833. The molecule has 0 saturated heterocycles. The summed E-state index contributed by atoms with van der Waals surface area (Å²) in [6.07, 6.45) is 13.8. The second-order valence-corrected chi connectivity index (χ2v) is 9.75. The molecule has 1 N–H and O–H groups in total. The molecule has 3 rings (SSSR count). The molecule has 2 saturated carbocycles. The lowest BCUT2D eigenvalue weighted by Crippen LogP contribution is -2.56. The molecule has 2 radical (unpaired) electrons. The third-order valence-electron chi connectivity index (χ3n) is 7.66. The average Bonchev–Trinajstić information content (AvgIpc) is 2.64. The molecule has 0 aromatic carbocycles. The van der Waals surface area contributed by atoms with Crippen LogP contribution in [-0.2, 0) is 9.53 Å². The summed E-state index contributed by atoms with van der Waals surface area (Å²) < 4.78 is 5.42. The third kappa shape index (κ3) is 4.48. The highest BCUT2D eigenvalue weighted by Gasteiger charge is 2.53. The van der Waals surface area contributed by atoms with Gasteiger partial charge in [-0.3, -0.25) is 4.79 Å². The molecule has 0 aromatic rings. The van der Waals surface area contributed by atoms with Gasteiger partial charge in [0.1, 0.15) is 6.10 Å². The van der Waals surface area contributed by atoms with E-state index in [1.165, 1.54) is 39.0 Å². The molecule has 158 valence electrons. The van der Waals surface area contributed by atoms with Gasteiger partial charge in [-0.25, -0.2) is 0 Å². The van der Waals surface area contributed by atoms with E-state index in [2.05, 4.69) is 38.3 Å². The van der Waals surface area contributed by atoms with E-state index in [1.807, 2.05) is 6.92 Å². The second-order valence-electron chi connectivity index (χ2n) is 9.75. The molecule has 0 aromatic heterocycles. The minimum Gasteiger partial charge on any atom is -0.457 e. The van der Waals surface area contributed by atoms with Crippen LogP contribution >= 0.6 is 0 Å². The van der Waals surface area contributed by atoms with Gasteiger partial charge in [-0.2, -0.15) is 0 Å². The molecule has 3 aliphatic carbocycles. The number of aliphatic hydroxyl groups is 1. The van der Waals surface area contributed by atoms with Crippen LogP contribution in [0.15, 0.2) is 11.6 Å². The van der Waals surface area contributed by atoms with Crippen molar-refractivity contribution in [2.75, 3.05) is 13.6 Å². The minimum atomic E-state index is -1.01. The van der Waals surface area contributed by atoms with Crippen LogP contribution in [-0.4, -0.2) is 47.3 Å². The Kier molecular flexibility index (Phi) is 6.92. The van der Waals surface area contributed by atoms with Crippen molar-refractivity contribution in [2.45, 2.75) is 90.4 Å². The molecule has 0 unspecified atom stereocenters. The molecule has 0 bridgehead atoms. The number of rotatable bonds is 5. The Bertz CT molecular complexity index is 582. The fourth-order valence-electron chi connectivity index (χ4n) is 5.87. The van der Waals surface area contributed by atoms with Gasteiger partial charge in [0.05, 0.1) is 12.0 Å². The maximum absolute atomic E-state index is 11.6. The van der Waals surface area contributed by atoms with Crippen molar-refractivity contribution in [1.29, 1.82) is 0 Å². The van der Waals surface area contributed by atoms with Crippen molar-refractivity contribution in [3.63, 3.8) is 0 Å². The zero-order valence-electron chi connectivity index (χ0n) is 18.4. The van der Waals surface area contributed by atoms with E-state index in [0.717, 1.165) is 25.0 Å². The Morgan fingerprint density at radius 1 is 1.32 bits per heavy atom. The first-order chi connectivity index (χ1) is 13.2. The molecular formula is C24H39NO3. The summed E-state index contributed by atoms with van der Waals surface area (Å²) in [4.78, 5) is 14.0. The van der Waals surface area contributed by atoms with Gasteiger partial charge in [-0.1, -0.05) is 39.2 Å². The van der Waals surface area contributed by atoms with Crippen LogP contribution < -0.4 is 0 Å². The van der Waals surface area contributed by atoms with E-state index < -0.39 is 11.7 Å². The van der Waals surface area contributed by atoms with Crippen LogP contribution in [0.1, 0.15) is 72.6 Å². The zero-order valence-corrected chi connectivity index (χ0v) is 18.4. The summed E-state index contributed by atoms with van der Waals surface area (Å²) in [5, 5.41) is 11.6. The predicted octanol–water partition coefficient (Wildman–Crippen LogP) is 4.25. The maximum atomic E-state index is 11.6. The SMILES string of the molecule is CC(=O)O[C@@H]1[C][C@@]2(O)[C@H](C)CC[C@@H]([C@H](C)CN(C)C3CCCCC3)[C@H]2C=C1C. The van der Waals surface area contributed by atoms with Crippen molar-refractivity contribution >= 4 is 5.97 Å². The first-order valence-electron chi connectivity index (χ1n) is 11.3. The van der Waals surface area contributed by atoms with Gasteiger partial charge in [0.15, 0.2) is 0 Å².